The molecule has 2 heterocycles. The highest BCUT2D eigenvalue weighted by Gasteiger charge is 2.21. The molecule has 1 atom stereocenters. The number of rotatable bonds is 9. The Morgan fingerprint density at radius 1 is 1.22 bits per heavy atom. The van der Waals surface area contributed by atoms with Gasteiger partial charge in [0.15, 0.2) is 11.5 Å². The van der Waals surface area contributed by atoms with E-state index >= 15 is 0 Å². The Balaban J connectivity index is 1.47. The van der Waals surface area contributed by atoms with Crippen LogP contribution in [0.4, 0.5) is 5.69 Å². The molecule has 6 nitrogen and oxygen atoms in total. The molecule has 2 aromatic carbocycles. The van der Waals surface area contributed by atoms with Crippen LogP contribution in [0.15, 0.2) is 53.9 Å². The molecule has 3 aromatic rings. The molecule has 0 spiro atoms. The van der Waals surface area contributed by atoms with E-state index in [0.717, 1.165) is 17.7 Å². The van der Waals surface area contributed by atoms with Crippen molar-refractivity contribution >= 4 is 34.5 Å². The zero-order valence-electron chi connectivity index (χ0n) is 18.0. The number of nitrogens with one attached hydrogen (secondary N) is 1. The van der Waals surface area contributed by atoms with E-state index in [-0.39, 0.29) is 25.3 Å². The molecule has 0 saturated heterocycles. The third kappa shape index (κ3) is 5.54. The van der Waals surface area contributed by atoms with E-state index in [9.17, 15) is 4.79 Å². The summed E-state index contributed by atoms with van der Waals surface area (Å²) in [6.45, 7) is 3.16. The van der Waals surface area contributed by atoms with Gasteiger partial charge in [-0.15, -0.1) is 11.3 Å². The molecular formula is C24H25ClN2O4S. The maximum absolute atomic E-state index is 13.0. The number of anilines is 1. The first-order chi connectivity index (χ1) is 15.5. The summed E-state index contributed by atoms with van der Waals surface area (Å²) in [5.74, 6) is 1.82. The molecule has 1 aliphatic heterocycles. The Labute approximate surface area is 196 Å². The fraction of sp³-hybridized carbons (Fsp3) is 0.292. The van der Waals surface area contributed by atoms with Crippen LogP contribution in [0, 0.1) is 0 Å². The summed E-state index contributed by atoms with van der Waals surface area (Å²) in [6, 6.07) is 15.6. The van der Waals surface area contributed by atoms with Crippen molar-refractivity contribution < 1.29 is 19.0 Å². The topological polar surface area (TPSA) is 60.0 Å². The maximum atomic E-state index is 13.0. The SMILES string of the molecule is COc1ccc(CN(CC(=O)Nc2cc3c(cc2Cl)OCO3)[C@H](C)Cc2cccs2)cc1. The van der Waals surface area contributed by atoms with Crippen LogP contribution >= 0.6 is 22.9 Å². The lowest BCUT2D eigenvalue weighted by molar-refractivity contribution is -0.118. The number of carbonyl (C=O) groups excluding carboxylic acids is 1. The highest BCUT2D eigenvalue weighted by atomic mass is 35.5. The van der Waals surface area contributed by atoms with Crippen LogP contribution in [0.3, 0.4) is 0 Å². The van der Waals surface area contributed by atoms with Crippen molar-refractivity contribution in [3.05, 3.63) is 69.4 Å². The fourth-order valence-electron chi connectivity index (χ4n) is 3.57. The molecule has 0 fully saturated rings. The number of methoxy groups -OCH3 is 1. The minimum absolute atomic E-state index is 0.141. The number of hydrogen-bond donors (Lipinski definition) is 1. The molecule has 4 rings (SSSR count). The Hall–Kier alpha value is -2.74. The summed E-state index contributed by atoms with van der Waals surface area (Å²) >= 11 is 8.06. The van der Waals surface area contributed by atoms with Crippen molar-refractivity contribution in [2.45, 2.75) is 25.9 Å². The molecule has 1 N–H and O–H groups in total. The Kier molecular flexibility index (Phi) is 7.19. The van der Waals surface area contributed by atoms with E-state index in [2.05, 4.69) is 34.7 Å². The van der Waals surface area contributed by atoms with Gasteiger partial charge in [0.05, 0.1) is 24.4 Å². The summed E-state index contributed by atoms with van der Waals surface area (Å²) in [6.07, 6.45) is 0.867. The Bertz CT molecular complexity index is 1060. The van der Waals surface area contributed by atoms with Gasteiger partial charge >= 0.3 is 0 Å². The number of hydrogen-bond acceptors (Lipinski definition) is 6. The number of benzene rings is 2. The summed E-state index contributed by atoms with van der Waals surface area (Å²) in [5.41, 5.74) is 1.62. The molecule has 1 aromatic heterocycles. The summed E-state index contributed by atoms with van der Waals surface area (Å²) < 4.78 is 16.0. The first kappa shape index (κ1) is 22.5. The second-order valence-corrected chi connectivity index (χ2v) is 9.06. The minimum Gasteiger partial charge on any atom is -0.497 e. The van der Waals surface area contributed by atoms with Crippen molar-refractivity contribution in [3.63, 3.8) is 0 Å². The lowest BCUT2D eigenvalue weighted by Gasteiger charge is -2.28. The van der Waals surface area contributed by atoms with Crippen molar-refractivity contribution in [2.75, 3.05) is 25.8 Å². The van der Waals surface area contributed by atoms with Crippen LogP contribution in [0.25, 0.3) is 0 Å². The quantitative estimate of drug-likeness (QED) is 0.463. The van der Waals surface area contributed by atoms with Crippen LogP contribution in [-0.4, -0.2) is 37.3 Å². The molecule has 8 heteroatoms. The largest absolute Gasteiger partial charge is 0.497 e. The number of carbonyl (C=O) groups is 1. The van der Waals surface area contributed by atoms with E-state index in [1.807, 2.05) is 24.3 Å². The van der Waals surface area contributed by atoms with Gasteiger partial charge in [-0.05, 0) is 42.5 Å². The predicted octanol–water partition coefficient (Wildman–Crippen LogP) is 5.21. The van der Waals surface area contributed by atoms with Crippen LogP contribution in [0.2, 0.25) is 5.02 Å². The zero-order chi connectivity index (χ0) is 22.5. The second kappa shape index (κ2) is 10.3. The number of amides is 1. The van der Waals surface area contributed by atoms with Crippen LogP contribution in [0.1, 0.15) is 17.4 Å². The molecule has 0 unspecified atom stereocenters. The summed E-state index contributed by atoms with van der Waals surface area (Å²) in [4.78, 5) is 16.4. The van der Waals surface area contributed by atoms with E-state index in [0.29, 0.717) is 28.8 Å². The Morgan fingerprint density at radius 3 is 2.66 bits per heavy atom. The van der Waals surface area contributed by atoms with Gasteiger partial charge < -0.3 is 19.5 Å². The second-order valence-electron chi connectivity index (χ2n) is 7.62. The van der Waals surface area contributed by atoms with Gasteiger partial charge in [-0.1, -0.05) is 29.8 Å². The molecule has 1 amide bonds. The molecule has 0 bridgehead atoms. The number of ether oxygens (including phenoxy) is 3. The third-order valence-electron chi connectivity index (χ3n) is 5.33. The van der Waals surface area contributed by atoms with Crippen molar-refractivity contribution in [3.8, 4) is 17.2 Å². The first-order valence-electron chi connectivity index (χ1n) is 10.3. The van der Waals surface area contributed by atoms with Gasteiger partial charge in [0, 0.05) is 29.6 Å². The normalized spacial score (nSPS) is 13.2. The van der Waals surface area contributed by atoms with Gasteiger partial charge in [-0.2, -0.15) is 0 Å². The molecule has 32 heavy (non-hydrogen) atoms. The van der Waals surface area contributed by atoms with Crippen LogP contribution in [0.5, 0.6) is 17.2 Å². The van der Waals surface area contributed by atoms with Crippen molar-refractivity contribution in [1.29, 1.82) is 0 Å². The monoisotopic (exact) mass is 472 g/mol. The molecule has 0 radical (unpaired) electrons. The molecule has 0 saturated carbocycles. The number of halogens is 1. The van der Waals surface area contributed by atoms with E-state index in [1.54, 1.807) is 30.6 Å². The fourth-order valence-corrected chi connectivity index (χ4v) is 4.60. The van der Waals surface area contributed by atoms with Crippen LogP contribution in [-0.2, 0) is 17.8 Å². The average Bonchev–Trinajstić information content (AvgIpc) is 3.45. The van der Waals surface area contributed by atoms with Gasteiger partial charge in [0.25, 0.3) is 0 Å². The molecule has 168 valence electrons. The number of thiophene rings is 1. The van der Waals surface area contributed by atoms with E-state index in [4.69, 9.17) is 25.8 Å². The van der Waals surface area contributed by atoms with Crippen molar-refractivity contribution in [2.24, 2.45) is 0 Å². The standard InChI is InChI=1S/C24H25ClN2O4S/c1-16(10-19-4-3-9-32-19)27(13-17-5-7-18(29-2)8-6-17)14-24(28)26-21-12-23-22(11-20(21)25)30-15-31-23/h3-9,11-12,16H,10,13-15H2,1-2H3,(H,26,28)/t16-/m1/s1. The summed E-state index contributed by atoms with van der Waals surface area (Å²) in [5, 5.41) is 5.41. The van der Waals surface area contributed by atoms with Crippen molar-refractivity contribution in [1.82, 2.24) is 4.90 Å². The summed E-state index contributed by atoms with van der Waals surface area (Å²) in [7, 11) is 1.65. The van der Waals surface area contributed by atoms with E-state index < -0.39 is 0 Å². The number of fused-ring (bicyclic) bond motifs is 1. The van der Waals surface area contributed by atoms with Gasteiger partial charge in [0.2, 0.25) is 12.7 Å². The van der Waals surface area contributed by atoms with E-state index in [1.165, 1.54) is 4.88 Å². The minimum atomic E-state index is -0.141. The van der Waals surface area contributed by atoms with Crippen LogP contribution < -0.4 is 19.5 Å². The molecular weight excluding hydrogens is 448 g/mol. The van der Waals surface area contributed by atoms with Gasteiger partial charge in [0.1, 0.15) is 5.75 Å². The number of nitrogens with zero attached hydrogens (tertiary/aromatic N) is 1. The lowest BCUT2D eigenvalue weighted by atomic mass is 10.1. The maximum Gasteiger partial charge on any atom is 0.238 e. The highest BCUT2D eigenvalue weighted by Crippen LogP contribution is 2.39. The smallest absolute Gasteiger partial charge is 0.238 e. The third-order valence-corrected chi connectivity index (χ3v) is 6.54. The highest BCUT2D eigenvalue weighted by molar-refractivity contribution is 7.09. The first-order valence-corrected chi connectivity index (χ1v) is 11.6. The van der Waals surface area contributed by atoms with Gasteiger partial charge in [-0.25, -0.2) is 0 Å². The predicted molar refractivity (Wildman–Crippen MR) is 127 cm³/mol. The Morgan fingerprint density at radius 2 is 1.97 bits per heavy atom. The lowest BCUT2D eigenvalue weighted by Crippen LogP contribution is -2.40. The molecule has 0 aliphatic carbocycles. The molecule has 1 aliphatic rings. The zero-order valence-corrected chi connectivity index (χ0v) is 19.5. The van der Waals surface area contributed by atoms with Gasteiger partial charge in [-0.3, -0.25) is 9.69 Å². The average molecular weight is 473 g/mol.